The molecule has 0 aromatic heterocycles. The highest BCUT2D eigenvalue weighted by Crippen LogP contribution is 2.30. The van der Waals surface area contributed by atoms with Crippen molar-refractivity contribution in [2.45, 2.75) is 190 Å². The zero-order chi connectivity index (χ0) is 71.4. The van der Waals surface area contributed by atoms with E-state index >= 15 is 0 Å². The lowest BCUT2D eigenvalue weighted by Gasteiger charge is -2.30. The van der Waals surface area contributed by atoms with Crippen molar-refractivity contribution in [3.8, 4) is 0 Å². The number of hydrogen-bond acceptors (Lipinski definition) is 20. The van der Waals surface area contributed by atoms with Gasteiger partial charge in [0.15, 0.2) is 11.6 Å². The van der Waals surface area contributed by atoms with E-state index in [4.69, 9.17) is 87.0 Å². The van der Waals surface area contributed by atoms with Crippen LogP contribution in [0.5, 0.6) is 0 Å². The van der Waals surface area contributed by atoms with Gasteiger partial charge >= 0.3 is 36.1 Å². The first kappa shape index (κ1) is 85.5. The summed E-state index contributed by atoms with van der Waals surface area (Å²) < 4.78 is 20.2. The Labute approximate surface area is 567 Å². The number of carboxylic acids is 2. The van der Waals surface area contributed by atoms with Gasteiger partial charge in [-0.05, 0) is 76.7 Å². The summed E-state index contributed by atoms with van der Waals surface area (Å²) in [5.41, 5.74) is 11.7. The summed E-state index contributed by atoms with van der Waals surface area (Å²) in [5.74, 6) is -8.20. The van der Waals surface area contributed by atoms with Crippen molar-refractivity contribution in [2.24, 2.45) is 35.1 Å². The molecule has 2 saturated carbocycles. The van der Waals surface area contributed by atoms with Gasteiger partial charge in [0, 0.05) is 59.7 Å². The van der Waals surface area contributed by atoms with Gasteiger partial charge in [-0.2, -0.15) is 0 Å². The summed E-state index contributed by atoms with van der Waals surface area (Å²) in [6, 6.07) is 0. The second-order valence-electron chi connectivity index (χ2n) is 22.2. The zero-order valence-corrected chi connectivity index (χ0v) is 56.1. The van der Waals surface area contributed by atoms with Gasteiger partial charge in [-0.25, -0.2) is 19.2 Å². The quantitative estimate of drug-likeness (QED) is 0.00737. The van der Waals surface area contributed by atoms with E-state index in [1.165, 1.54) is 62.5 Å². The number of esters is 2. The molecule has 18 atom stereocenters. The molecule has 14 N–H and O–H groups in total. The van der Waals surface area contributed by atoms with Gasteiger partial charge in [0.1, 0.15) is 47.4 Å². The van der Waals surface area contributed by atoms with Crippen molar-refractivity contribution in [1.29, 1.82) is 0 Å². The lowest BCUT2D eigenvalue weighted by Crippen LogP contribution is -2.43. The van der Waals surface area contributed by atoms with Crippen LogP contribution < -0.4 is 11.5 Å². The largest absolute Gasteiger partial charge is 0.481 e. The highest BCUT2D eigenvalue weighted by Gasteiger charge is 2.39. The molecule has 2 fully saturated rings. The number of Topliss-reactive ketones (excluding diaryl/α,β-unsaturated/α-hetero) is 2. The average molecular weight is 1410 g/mol. The Hall–Kier alpha value is -6.52. The number of alkyl halides is 2. The summed E-state index contributed by atoms with van der Waals surface area (Å²) in [6.45, 7) is 10.2. The third kappa shape index (κ3) is 33.2. The molecule has 524 valence electrons. The van der Waals surface area contributed by atoms with E-state index in [0.29, 0.717) is 25.7 Å². The number of halogens is 4. The van der Waals surface area contributed by atoms with Crippen LogP contribution in [0.2, 0.25) is 0 Å². The topological polar surface area (TPSA) is 428 Å². The molecular weight excluding hydrogens is 1310 g/mol. The molecule has 0 heterocycles. The van der Waals surface area contributed by atoms with E-state index in [2.05, 4.69) is 0 Å². The fourth-order valence-electron chi connectivity index (χ4n) is 8.91. The molecular formula is C66H90Cl4N2O22. The van der Waals surface area contributed by atoms with Crippen molar-refractivity contribution in [2.75, 3.05) is 0 Å². The van der Waals surface area contributed by atoms with E-state index < -0.39 is 168 Å². The first-order chi connectivity index (χ1) is 44.2. The van der Waals surface area contributed by atoms with Gasteiger partial charge in [-0.1, -0.05) is 147 Å². The average Bonchev–Trinajstić information content (AvgIpc) is 0.956. The molecule has 0 aromatic rings. The Morgan fingerprint density at radius 2 is 0.830 bits per heavy atom. The number of aliphatic hydroxyl groups excluding tert-OH is 8. The van der Waals surface area contributed by atoms with Crippen LogP contribution >= 0.6 is 46.4 Å². The summed E-state index contributed by atoms with van der Waals surface area (Å²) in [6.07, 6.45) is 13.9. The smallest absolute Gasteiger partial charge is 0.405 e. The van der Waals surface area contributed by atoms with E-state index in [0.717, 1.165) is 11.1 Å². The van der Waals surface area contributed by atoms with E-state index in [1.807, 2.05) is 13.8 Å². The maximum atomic E-state index is 12.6. The Morgan fingerprint density at radius 3 is 1.14 bits per heavy atom. The number of ether oxygens (including phenoxy) is 4. The number of aliphatic hydroxyl groups is 8. The number of ketones is 2. The van der Waals surface area contributed by atoms with Gasteiger partial charge in [-0.15, -0.1) is 23.2 Å². The Morgan fingerprint density at radius 1 is 0.511 bits per heavy atom. The van der Waals surface area contributed by atoms with Crippen molar-refractivity contribution >= 4 is 94.0 Å². The molecule has 2 aliphatic rings. The summed E-state index contributed by atoms with van der Waals surface area (Å²) in [4.78, 5) is 94.0. The number of primary amides is 2. The zero-order valence-electron chi connectivity index (χ0n) is 53.0. The predicted octanol–water partition coefficient (Wildman–Crippen LogP) is 7.19. The molecule has 2 amide bonds. The summed E-state index contributed by atoms with van der Waals surface area (Å²) >= 11 is 24.9. The number of rotatable bonds is 36. The fraction of sp³-hybridized carbons (Fsp3) is 0.515. The Balaban J connectivity index is 0.000000940. The van der Waals surface area contributed by atoms with Gasteiger partial charge in [-0.3, -0.25) is 19.2 Å². The fourth-order valence-corrected chi connectivity index (χ4v) is 9.77. The van der Waals surface area contributed by atoms with E-state index in [9.17, 15) is 79.2 Å². The maximum absolute atomic E-state index is 12.6. The minimum absolute atomic E-state index is 0.0584. The molecule has 2 aliphatic carbocycles. The predicted molar refractivity (Wildman–Crippen MR) is 353 cm³/mol. The van der Waals surface area contributed by atoms with Crippen LogP contribution in [0.15, 0.2) is 143 Å². The molecule has 12 unspecified atom stereocenters. The third-order valence-electron chi connectivity index (χ3n) is 14.6. The number of carbonyl (C=O) groups is 8. The van der Waals surface area contributed by atoms with Crippen LogP contribution in [0.1, 0.15) is 106 Å². The number of carbonyl (C=O) groups excluding carboxylic acids is 6. The van der Waals surface area contributed by atoms with E-state index in [-0.39, 0.29) is 35.7 Å². The maximum Gasteiger partial charge on any atom is 0.405 e. The van der Waals surface area contributed by atoms with Crippen LogP contribution in [0.25, 0.3) is 0 Å². The summed E-state index contributed by atoms with van der Waals surface area (Å²) in [5, 5.41) is 98.8. The molecule has 28 heteroatoms. The summed E-state index contributed by atoms with van der Waals surface area (Å²) in [7, 11) is 0. The minimum Gasteiger partial charge on any atom is -0.481 e. The molecule has 0 spiro atoms. The van der Waals surface area contributed by atoms with Crippen molar-refractivity contribution < 1.29 is 108 Å². The van der Waals surface area contributed by atoms with Crippen LogP contribution in [-0.2, 0) is 47.7 Å². The Kier molecular flexibility index (Phi) is 41.6. The SMILES string of the molecule is CC/C=C/C(OC(N)=O)C(Cl)C(O)CC(=O)C(O)C(O)C(C)/C(Cl)=C/C=C/C=C(C)/C=C/C=C/C(=O)O[C@@H]1C[C@H](C(=O)O)CC[C@@H]1O.CC/C=C/C(OC(N)=O)C(Cl)C(O)CC(=O)C(O)C(O)C(C)/C(Cl)=C/C=C/C=C(C)/C=C/C=C/C(=O)O[C@@H]1C[C@H](C(=O)O)CC[C@H]1O. The monoisotopic (exact) mass is 1400 g/mol. The third-order valence-corrected chi connectivity index (χ3v) is 16.6. The number of allylic oxidation sites excluding steroid dienone is 18. The van der Waals surface area contributed by atoms with Crippen molar-refractivity contribution in [3.63, 3.8) is 0 Å². The van der Waals surface area contributed by atoms with Crippen LogP contribution in [-0.4, -0.2) is 183 Å². The van der Waals surface area contributed by atoms with Gasteiger partial charge in [0.2, 0.25) is 0 Å². The number of amides is 2. The first-order valence-electron chi connectivity index (χ1n) is 30.2. The van der Waals surface area contributed by atoms with E-state index in [1.54, 1.807) is 86.8 Å². The lowest BCUT2D eigenvalue weighted by atomic mass is 9.85. The first-order valence-corrected chi connectivity index (χ1v) is 31.8. The van der Waals surface area contributed by atoms with Crippen LogP contribution in [0.3, 0.4) is 0 Å². The second kappa shape index (κ2) is 45.8. The number of aliphatic carboxylic acids is 2. The van der Waals surface area contributed by atoms with Gasteiger partial charge in [0.05, 0.1) is 48.5 Å². The number of carboxylic acid groups (broad SMARTS) is 2. The van der Waals surface area contributed by atoms with Crippen molar-refractivity contribution in [1.82, 2.24) is 0 Å². The normalized spacial score (nSPS) is 23.5. The standard InChI is InChI=1S/2C33H45Cl2NO11/c2*1-4-5-13-26(47-33(36)45)29(35)24(38)18-25(39)31(42)30(41)20(3)22(34)12-8-6-10-19(2)11-7-9-14-28(40)46-27-17-21(32(43)44)15-16-23(27)37/h2*5-14,20-21,23-24,26-27,29-31,37-38,41-42H,4,15-18H2,1-3H3,(H2,36,45)(H,43,44)/b2*8-6+,11-7+,13-5+,14-9+,19-10+,22-12-/t20?,21-,23+,24?,26?,27-,29?,30?,31?;20?,21-,23-,24?,26?,27-,29?,30?,31?/m11/s1. The highest BCUT2D eigenvalue weighted by molar-refractivity contribution is 6.30. The van der Waals surface area contributed by atoms with Crippen LogP contribution in [0.4, 0.5) is 9.59 Å². The van der Waals surface area contributed by atoms with Crippen LogP contribution in [0, 0.1) is 23.7 Å². The molecule has 24 nitrogen and oxygen atoms in total. The molecule has 0 aromatic carbocycles. The van der Waals surface area contributed by atoms with Gasteiger partial charge < -0.3 is 81.5 Å². The molecule has 0 radical (unpaired) electrons. The minimum atomic E-state index is -1.89. The molecule has 0 aliphatic heterocycles. The molecule has 0 saturated heterocycles. The lowest BCUT2D eigenvalue weighted by molar-refractivity contribution is -0.159. The molecule has 94 heavy (non-hydrogen) atoms. The van der Waals surface area contributed by atoms with Gasteiger partial charge in [0.25, 0.3) is 0 Å². The number of hydrogen-bond donors (Lipinski definition) is 12. The Bertz CT molecular complexity index is 2670. The molecule has 0 bridgehead atoms. The highest BCUT2D eigenvalue weighted by atomic mass is 35.5. The number of nitrogens with two attached hydrogens (primary N) is 2. The van der Waals surface area contributed by atoms with Crippen molar-refractivity contribution in [3.05, 3.63) is 143 Å². The second-order valence-corrected chi connectivity index (χ2v) is 24.1. The molecule has 2 rings (SSSR count).